The van der Waals surface area contributed by atoms with Gasteiger partial charge in [0.05, 0.1) is 6.04 Å². The summed E-state index contributed by atoms with van der Waals surface area (Å²) in [6, 6.07) is 6.67. The van der Waals surface area contributed by atoms with Crippen LogP contribution in [0.4, 0.5) is 10.5 Å². The van der Waals surface area contributed by atoms with Gasteiger partial charge < -0.3 is 20.8 Å². The number of carboxylic acid groups (broad SMARTS) is 1. The minimum Gasteiger partial charge on any atom is -0.465 e. The van der Waals surface area contributed by atoms with Crippen molar-refractivity contribution in [1.29, 1.82) is 0 Å². The number of amides is 2. The van der Waals surface area contributed by atoms with Crippen LogP contribution in [0.5, 0.6) is 0 Å². The van der Waals surface area contributed by atoms with Crippen molar-refractivity contribution in [2.24, 2.45) is 0 Å². The number of rotatable bonds is 6. The van der Waals surface area contributed by atoms with Crippen LogP contribution in [0.25, 0.3) is 0 Å². The van der Waals surface area contributed by atoms with Gasteiger partial charge >= 0.3 is 6.09 Å². The molecule has 24 heavy (non-hydrogen) atoms. The summed E-state index contributed by atoms with van der Waals surface area (Å²) < 4.78 is 0. The summed E-state index contributed by atoms with van der Waals surface area (Å²) in [5.41, 5.74) is 1.44. The van der Waals surface area contributed by atoms with E-state index in [9.17, 15) is 9.59 Å². The number of hydrogen-bond acceptors (Lipinski definition) is 3. The van der Waals surface area contributed by atoms with Crippen molar-refractivity contribution >= 4 is 18.2 Å². The first-order valence-electron chi connectivity index (χ1n) is 8.45. The fraction of sp³-hybridized carbons (Fsp3) is 0.556. The lowest BCUT2D eigenvalue weighted by atomic mass is 10.1. The maximum absolute atomic E-state index is 10.4. The molecular weight excluding hydrogens is 308 g/mol. The van der Waals surface area contributed by atoms with E-state index in [1.807, 2.05) is 27.7 Å². The molecule has 0 saturated heterocycles. The second kappa shape index (κ2) is 20.9. The number of benzene rings is 1. The van der Waals surface area contributed by atoms with Crippen molar-refractivity contribution in [3.05, 3.63) is 29.8 Å². The molecule has 0 unspecified atom stereocenters. The van der Waals surface area contributed by atoms with E-state index in [0.717, 1.165) is 18.4 Å². The van der Waals surface area contributed by atoms with Crippen LogP contribution in [0.2, 0.25) is 0 Å². The Morgan fingerprint density at radius 1 is 1.25 bits per heavy atom. The molecular formula is C18H34N2O4. The average molecular weight is 342 g/mol. The normalized spacial score (nSPS) is 9.46. The van der Waals surface area contributed by atoms with E-state index in [1.165, 1.54) is 0 Å². The van der Waals surface area contributed by atoms with E-state index in [-0.39, 0.29) is 6.04 Å². The molecule has 140 valence electrons. The van der Waals surface area contributed by atoms with Gasteiger partial charge in [-0.15, -0.1) is 0 Å². The lowest BCUT2D eigenvalue weighted by Gasteiger charge is -2.12. The summed E-state index contributed by atoms with van der Waals surface area (Å²) >= 11 is 0. The summed E-state index contributed by atoms with van der Waals surface area (Å²) in [4.78, 5) is 20.6. The molecule has 0 radical (unpaired) electrons. The Morgan fingerprint density at radius 2 is 1.83 bits per heavy atom. The first-order valence-corrected chi connectivity index (χ1v) is 8.45. The molecule has 0 saturated carbocycles. The molecule has 6 heteroatoms. The van der Waals surface area contributed by atoms with E-state index < -0.39 is 6.09 Å². The van der Waals surface area contributed by atoms with Crippen LogP contribution in [0, 0.1) is 0 Å². The maximum atomic E-state index is 10.4. The van der Waals surface area contributed by atoms with Gasteiger partial charge in [0.2, 0.25) is 6.41 Å². The van der Waals surface area contributed by atoms with Crippen molar-refractivity contribution in [1.82, 2.24) is 5.32 Å². The van der Waals surface area contributed by atoms with Crippen molar-refractivity contribution in [3.63, 3.8) is 0 Å². The molecule has 0 aliphatic rings. The molecule has 1 rings (SSSR count). The van der Waals surface area contributed by atoms with Crippen molar-refractivity contribution < 1.29 is 19.8 Å². The van der Waals surface area contributed by atoms with Gasteiger partial charge in [0.25, 0.3) is 0 Å². The number of aliphatic hydroxyl groups excluding tert-OH is 1. The third kappa shape index (κ3) is 16.3. The van der Waals surface area contributed by atoms with Crippen LogP contribution in [0.1, 0.15) is 66.0 Å². The highest BCUT2D eigenvalue weighted by Crippen LogP contribution is 2.16. The van der Waals surface area contributed by atoms with Crippen molar-refractivity contribution in [2.75, 3.05) is 11.9 Å². The molecule has 1 atom stereocenters. The molecule has 0 aliphatic heterocycles. The van der Waals surface area contributed by atoms with Gasteiger partial charge in [-0.1, -0.05) is 53.2 Å². The highest BCUT2D eigenvalue weighted by molar-refractivity contribution is 5.71. The monoisotopic (exact) mass is 342 g/mol. The summed E-state index contributed by atoms with van der Waals surface area (Å²) in [5, 5.41) is 21.4. The summed E-state index contributed by atoms with van der Waals surface area (Å²) in [5.74, 6) is 0. The lowest BCUT2D eigenvalue weighted by molar-refractivity contribution is -0.105. The second-order valence-electron chi connectivity index (χ2n) is 4.14. The predicted octanol–water partition coefficient (Wildman–Crippen LogP) is 4.41. The van der Waals surface area contributed by atoms with Crippen LogP contribution in [-0.4, -0.2) is 29.3 Å². The number of unbranched alkanes of at least 4 members (excludes halogenated alkanes) is 1. The van der Waals surface area contributed by atoms with E-state index >= 15 is 0 Å². The molecule has 0 heterocycles. The highest BCUT2D eigenvalue weighted by atomic mass is 16.4. The number of carbonyl (C=O) groups is 2. The van der Waals surface area contributed by atoms with Crippen molar-refractivity contribution in [3.8, 4) is 0 Å². The zero-order chi connectivity index (χ0) is 19.4. The molecule has 0 aliphatic carbocycles. The first-order chi connectivity index (χ1) is 11.5. The molecule has 0 bridgehead atoms. The number of aliphatic hydroxyl groups is 1. The zero-order valence-corrected chi connectivity index (χ0v) is 15.8. The fourth-order valence-electron chi connectivity index (χ4n) is 1.39. The molecule has 0 aromatic heterocycles. The highest BCUT2D eigenvalue weighted by Gasteiger charge is 2.07. The van der Waals surface area contributed by atoms with Crippen LogP contribution >= 0.6 is 0 Å². The number of nitrogens with one attached hydrogen (secondary N) is 2. The van der Waals surface area contributed by atoms with Crippen molar-refractivity contribution in [2.45, 2.75) is 60.4 Å². The van der Waals surface area contributed by atoms with Gasteiger partial charge in [-0.2, -0.15) is 0 Å². The van der Waals surface area contributed by atoms with Crippen LogP contribution in [0.3, 0.4) is 0 Å². The molecule has 0 fully saturated rings. The Hall–Kier alpha value is -2.08. The molecule has 0 spiro atoms. The number of carbonyl (C=O) groups excluding carboxylic acids is 1. The smallest absolute Gasteiger partial charge is 0.405 e. The van der Waals surface area contributed by atoms with Gasteiger partial charge in [-0.3, -0.25) is 4.79 Å². The molecule has 2 amide bonds. The van der Waals surface area contributed by atoms with E-state index in [4.69, 9.17) is 10.2 Å². The molecule has 1 aromatic carbocycles. The maximum Gasteiger partial charge on any atom is 0.405 e. The first kappa shape index (κ1) is 26.8. The van der Waals surface area contributed by atoms with E-state index in [0.29, 0.717) is 18.7 Å². The fourth-order valence-corrected chi connectivity index (χ4v) is 1.39. The SMILES string of the molecule is CC.CC.CCCCO.C[C@@H](NC(=O)O)c1cccc(NC=O)c1. The van der Waals surface area contributed by atoms with Crippen LogP contribution in [0.15, 0.2) is 24.3 Å². The molecule has 4 N–H and O–H groups in total. The van der Waals surface area contributed by atoms with E-state index in [1.54, 1.807) is 31.2 Å². The minimum absolute atomic E-state index is 0.309. The predicted molar refractivity (Wildman–Crippen MR) is 100 cm³/mol. The minimum atomic E-state index is -1.07. The van der Waals surface area contributed by atoms with Gasteiger partial charge in [-0.05, 0) is 31.0 Å². The number of anilines is 1. The van der Waals surface area contributed by atoms with Gasteiger partial charge in [0, 0.05) is 12.3 Å². The summed E-state index contributed by atoms with van der Waals surface area (Å²) in [6.45, 7) is 12.1. The summed E-state index contributed by atoms with van der Waals surface area (Å²) in [6.07, 6.45) is 1.54. The Morgan fingerprint density at radius 3 is 2.21 bits per heavy atom. The average Bonchev–Trinajstić information content (AvgIpc) is 2.60. The third-order valence-corrected chi connectivity index (χ3v) is 2.46. The molecule has 6 nitrogen and oxygen atoms in total. The standard InChI is InChI=1S/C10H12N2O3.C4H10O.2C2H6/c1-7(12-10(14)15)8-3-2-4-9(5-8)11-6-13;1-2-3-4-5;2*1-2/h2-7,12H,1H3,(H,11,13)(H,14,15);5H,2-4H2,1H3;2*1-2H3/t7-;;;/m1.../s1. The second-order valence-corrected chi connectivity index (χ2v) is 4.14. The quantitative estimate of drug-likeness (QED) is 0.575. The zero-order valence-electron chi connectivity index (χ0n) is 15.8. The third-order valence-electron chi connectivity index (χ3n) is 2.46. The lowest BCUT2D eigenvalue weighted by Crippen LogP contribution is -2.24. The Kier molecular flexibility index (Phi) is 23.4. The van der Waals surface area contributed by atoms with Crippen LogP contribution in [-0.2, 0) is 4.79 Å². The topological polar surface area (TPSA) is 98.7 Å². The largest absolute Gasteiger partial charge is 0.465 e. The summed E-state index contributed by atoms with van der Waals surface area (Å²) in [7, 11) is 0. The number of hydrogen-bond donors (Lipinski definition) is 4. The van der Waals surface area contributed by atoms with Gasteiger partial charge in [-0.25, -0.2) is 4.79 Å². The Bertz CT molecular complexity index is 410. The molecule has 1 aromatic rings. The van der Waals surface area contributed by atoms with E-state index in [2.05, 4.69) is 17.6 Å². The Balaban J connectivity index is -0.000000413. The van der Waals surface area contributed by atoms with Gasteiger partial charge in [0.15, 0.2) is 0 Å². The van der Waals surface area contributed by atoms with Crippen LogP contribution < -0.4 is 10.6 Å². The van der Waals surface area contributed by atoms with Gasteiger partial charge in [0.1, 0.15) is 0 Å². The Labute approximate surface area is 146 Å².